The highest BCUT2D eigenvalue weighted by Gasteiger charge is 2.37. The van der Waals surface area contributed by atoms with Gasteiger partial charge in [-0.15, -0.1) is 0 Å². The van der Waals surface area contributed by atoms with E-state index in [1.54, 1.807) is 18.2 Å². The first-order valence-electron chi connectivity index (χ1n) is 8.16. The Balaban J connectivity index is 1.67. The fraction of sp³-hybridized carbons (Fsp3) is 0.471. The van der Waals surface area contributed by atoms with Gasteiger partial charge in [-0.2, -0.15) is 0 Å². The highest BCUT2D eigenvalue weighted by atomic mass is 79.9. The van der Waals surface area contributed by atoms with Crippen molar-refractivity contribution < 1.29 is 14.4 Å². The number of amides is 3. The maximum atomic E-state index is 12.4. The van der Waals surface area contributed by atoms with Crippen LogP contribution in [0.2, 0.25) is 0 Å². The highest BCUT2D eigenvalue weighted by Crippen LogP contribution is 2.26. The molecule has 24 heavy (non-hydrogen) atoms. The average Bonchev–Trinajstić information content (AvgIpc) is 2.80. The van der Waals surface area contributed by atoms with E-state index in [1.807, 2.05) is 0 Å². The first-order valence-corrected chi connectivity index (χ1v) is 8.95. The van der Waals surface area contributed by atoms with Gasteiger partial charge in [-0.05, 0) is 43.5 Å². The summed E-state index contributed by atoms with van der Waals surface area (Å²) in [5.41, 5.74) is 6.45. The minimum absolute atomic E-state index is 0.0283. The smallest absolute Gasteiger partial charge is 0.262 e. The van der Waals surface area contributed by atoms with Crippen molar-refractivity contribution in [3.63, 3.8) is 0 Å². The molecule has 0 saturated heterocycles. The van der Waals surface area contributed by atoms with Crippen LogP contribution in [-0.4, -0.2) is 41.8 Å². The van der Waals surface area contributed by atoms with E-state index in [2.05, 4.69) is 21.2 Å². The van der Waals surface area contributed by atoms with Gasteiger partial charge >= 0.3 is 0 Å². The molecule has 1 aromatic carbocycles. The molecule has 0 spiro atoms. The predicted octanol–water partition coefficient (Wildman–Crippen LogP) is 1.68. The molecule has 1 heterocycles. The molecule has 2 unspecified atom stereocenters. The van der Waals surface area contributed by atoms with Crippen LogP contribution in [0.3, 0.4) is 0 Å². The van der Waals surface area contributed by atoms with Crippen molar-refractivity contribution in [2.75, 3.05) is 13.1 Å². The van der Waals surface area contributed by atoms with Crippen LogP contribution in [0.25, 0.3) is 0 Å². The molecule has 7 heteroatoms. The molecule has 2 atom stereocenters. The van der Waals surface area contributed by atoms with Gasteiger partial charge in [0.15, 0.2) is 0 Å². The van der Waals surface area contributed by atoms with Crippen molar-refractivity contribution in [2.24, 2.45) is 11.7 Å². The van der Waals surface area contributed by atoms with Crippen LogP contribution >= 0.6 is 15.9 Å². The molecule has 6 nitrogen and oxygen atoms in total. The Labute approximate surface area is 148 Å². The molecule has 0 aromatic heterocycles. The van der Waals surface area contributed by atoms with Crippen molar-refractivity contribution in [3.05, 3.63) is 33.8 Å². The molecule has 1 aliphatic heterocycles. The van der Waals surface area contributed by atoms with Crippen LogP contribution in [0.1, 0.15) is 46.4 Å². The molecule has 1 fully saturated rings. The lowest BCUT2D eigenvalue weighted by atomic mass is 9.84. The van der Waals surface area contributed by atoms with Gasteiger partial charge in [0.2, 0.25) is 5.91 Å². The maximum absolute atomic E-state index is 12.4. The number of halogens is 1. The van der Waals surface area contributed by atoms with Gasteiger partial charge in [-0.25, -0.2) is 0 Å². The van der Waals surface area contributed by atoms with Crippen LogP contribution in [0.5, 0.6) is 0 Å². The molecule has 3 amide bonds. The van der Waals surface area contributed by atoms with E-state index in [4.69, 9.17) is 5.73 Å². The van der Waals surface area contributed by atoms with Gasteiger partial charge in [0.1, 0.15) is 6.54 Å². The summed E-state index contributed by atoms with van der Waals surface area (Å²) in [5, 5.41) is 2.95. The average molecular weight is 394 g/mol. The first-order chi connectivity index (χ1) is 11.5. The van der Waals surface area contributed by atoms with Crippen LogP contribution in [0.15, 0.2) is 22.7 Å². The summed E-state index contributed by atoms with van der Waals surface area (Å²) in [5.74, 6) is -0.892. The van der Waals surface area contributed by atoms with E-state index in [9.17, 15) is 14.4 Å². The lowest BCUT2D eigenvalue weighted by Crippen LogP contribution is -2.48. The zero-order chi connectivity index (χ0) is 17.3. The molecule has 3 rings (SSSR count). The number of rotatable bonds is 4. The van der Waals surface area contributed by atoms with Gasteiger partial charge in [0.05, 0.1) is 11.1 Å². The minimum atomic E-state index is -0.425. The Hall–Kier alpha value is -1.73. The highest BCUT2D eigenvalue weighted by molar-refractivity contribution is 9.10. The van der Waals surface area contributed by atoms with Gasteiger partial charge in [-0.3, -0.25) is 19.3 Å². The Kier molecular flexibility index (Phi) is 5.01. The molecular weight excluding hydrogens is 374 g/mol. The molecule has 128 valence electrons. The second-order valence-electron chi connectivity index (χ2n) is 6.34. The van der Waals surface area contributed by atoms with E-state index in [0.29, 0.717) is 17.7 Å². The van der Waals surface area contributed by atoms with Gasteiger partial charge in [-0.1, -0.05) is 28.8 Å². The third kappa shape index (κ3) is 3.23. The molecule has 1 saturated carbocycles. The Morgan fingerprint density at radius 2 is 1.92 bits per heavy atom. The van der Waals surface area contributed by atoms with Crippen molar-refractivity contribution in [3.8, 4) is 0 Å². The van der Waals surface area contributed by atoms with E-state index < -0.39 is 11.8 Å². The monoisotopic (exact) mass is 393 g/mol. The van der Waals surface area contributed by atoms with Crippen molar-refractivity contribution in [1.29, 1.82) is 0 Å². The fourth-order valence-corrected chi connectivity index (χ4v) is 3.84. The Bertz CT molecular complexity index is 692. The summed E-state index contributed by atoms with van der Waals surface area (Å²) >= 11 is 3.29. The van der Waals surface area contributed by atoms with Gasteiger partial charge in [0, 0.05) is 10.5 Å². The normalized spacial score (nSPS) is 23.3. The largest absolute Gasteiger partial charge is 0.351 e. The first kappa shape index (κ1) is 17.1. The summed E-state index contributed by atoms with van der Waals surface area (Å²) in [6, 6.07) is 4.95. The number of carbonyl (C=O) groups is 3. The summed E-state index contributed by atoms with van der Waals surface area (Å²) in [6.07, 6.45) is 4.08. The zero-order valence-electron chi connectivity index (χ0n) is 13.3. The number of nitrogens with one attached hydrogen (secondary N) is 1. The SMILES string of the molecule is NCC1CCCCC1NC(=O)CN1C(=O)c2ccc(Br)cc2C1=O. The lowest BCUT2D eigenvalue weighted by molar-refractivity contribution is -0.122. The van der Waals surface area contributed by atoms with Crippen LogP contribution in [-0.2, 0) is 4.79 Å². The second kappa shape index (κ2) is 7.03. The number of nitrogens with two attached hydrogens (primary N) is 1. The minimum Gasteiger partial charge on any atom is -0.351 e. The van der Waals surface area contributed by atoms with Crippen molar-refractivity contribution in [1.82, 2.24) is 10.2 Å². The van der Waals surface area contributed by atoms with Crippen molar-refractivity contribution >= 4 is 33.7 Å². The summed E-state index contributed by atoms with van der Waals surface area (Å²) < 4.78 is 0.724. The van der Waals surface area contributed by atoms with Crippen LogP contribution < -0.4 is 11.1 Å². The van der Waals surface area contributed by atoms with Crippen LogP contribution in [0.4, 0.5) is 0 Å². The number of imide groups is 1. The molecule has 0 radical (unpaired) electrons. The molecule has 1 aliphatic carbocycles. The molecule has 0 bridgehead atoms. The summed E-state index contributed by atoms with van der Waals surface area (Å²) in [7, 11) is 0. The third-order valence-electron chi connectivity index (χ3n) is 4.79. The number of nitrogens with zero attached hydrogens (tertiary/aromatic N) is 1. The quantitative estimate of drug-likeness (QED) is 0.761. The van der Waals surface area contributed by atoms with E-state index in [1.165, 1.54) is 0 Å². The maximum Gasteiger partial charge on any atom is 0.262 e. The van der Waals surface area contributed by atoms with Crippen molar-refractivity contribution in [2.45, 2.75) is 31.7 Å². The fourth-order valence-electron chi connectivity index (χ4n) is 3.48. The molecule has 3 N–H and O–H groups in total. The van der Waals surface area contributed by atoms with E-state index in [0.717, 1.165) is 35.1 Å². The van der Waals surface area contributed by atoms with Crippen LogP contribution in [0, 0.1) is 5.92 Å². The number of hydrogen-bond acceptors (Lipinski definition) is 4. The number of carbonyl (C=O) groups excluding carboxylic acids is 3. The summed E-state index contributed by atoms with van der Waals surface area (Å²) in [6.45, 7) is 0.281. The van der Waals surface area contributed by atoms with E-state index in [-0.39, 0.29) is 24.4 Å². The second-order valence-corrected chi connectivity index (χ2v) is 7.26. The number of hydrogen-bond donors (Lipinski definition) is 2. The Morgan fingerprint density at radius 3 is 2.67 bits per heavy atom. The topological polar surface area (TPSA) is 92.5 Å². The van der Waals surface area contributed by atoms with Gasteiger partial charge in [0.25, 0.3) is 11.8 Å². The lowest BCUT2D eigenvalue weighted by Gasteiger charge is -2.31. The molecule has 1 aromatic rings. The van der Waals surface area contributed by atoms with Gasteiger partial charge < -0.3 is 11.1 Å². The third-order valence-corrected chi connectivity index (χ3v) is 5.29. The standard InChI is InChI=1S/C17H20BrN3O3/c18-11-5-6-12-13(7-11)17(24)21(16(12)23)9-15(22)20-14-4-2-1-3-10(14)8-19/h5-7,10,14H,1-4,8-9,19H2,(H,20,22). The summed E-state index contributed by atoms with van der Waals surface area (Å²) in [4.78, 5) is 38.1. The predicted molar refractivity (Wildman–Crippen MR) is 92.5 cm³/mol. The zero-order valence-corrected chi connectivity index (χ0v) is 14.8. The number of fused-ring (bicyclic) bond motifs is 1. The molecule has 2 aliphatic rings. The number of benzene rings is 1. The Morgan fingerprint density at radius 1 is 1.21 bits per heavy atom. The van der Waals surface area contributed by atoms with E-state index >= 15 is 0 Å². The molecular formula is C17H20BrN3O3.